The van der Waals surface area contributed by atoms with Crippen molar-refractivity contribution in [2.24, 2.45) is 4.99 Å². The molecule has 0 radical (unpaired) electrons. The average molecular weight is 225 g/mol. The molecule has 84 valence electrons. The largest absolute Gasteiger partial charge is 0.474 e. The topological polar surface area (TPSA) is 47.4 Å². The molecule has 4 heteroatoms. The Balaban J connectivity index is 1.87. The first-order chi connectivity index (χ1) is 8.43. The fourth-order valence-electron chi connectivity index (χ4n) is 1.77. The molecular formula is C13H11N3O. The summed E-state index contributed by atoms with van der Waals surface area (Å²) in [7, 11) is 0. The molecule has 2 aromatic rings. The summed E-state index contributed by atoms with van der Waals surface area (Å²) in [6.45, 7) is 0.565. The van der Waals surface area contributed by atoms with Crippen LogP contribution in [0.2, 0.25) is 0 Å². The molecule has 0 spiro atoms. The van der Waals surface area contributed by atoms with Crippen LogP contribution in [0.4, 0.5) is 0 Å². The molecule has 0 saturated heterocycles. The molecule has 1 aromatic heterocycles. The van der Waals surface area contributed by atoms with Crippen molar-refractivity contribution < 1.29 is 4.74 Å². The van der Waals surface area contributed by atoms with Gasteiger partial charge in [0.15, 0.2) is 0 Å². The van der Waals surface area contributed by atoms with Crippen LogP contribution in [0, 0.1) is 0 Å². The average Bonchev–Trinajstić information content (AvgIpc) is 2.90. The number of hydrogen-bond donors (Lipinski definition) is 0. The van der Waals surface area contributed by atoms with E-state index in [4.69, 9.17) is 4.74 Å². The third-order valence-corrected chi connectivity index (χ3v) is 2.62. The van der Waals surface area contributed by atoms with Crippen molar-refractivity contribution in [3.63, 3.8) is 0 Å². The second kappa shape index (κ2) is 4.33. The highest BCUT2D eigenvalue weighted by Crippen LogP contribution is 2.23. The fraction of sp³-hybridized carbons (Fsp3) is 0.154. The van der Waals surface area contributed by atoms with Gasteiger partial charge in [-0.05, 0) is 5.56 Å². The molecule has 1 aromatic carbocycles. The van der Waals surface area contributed by atoms with E-state index in [2.05, 4.69) is 27.1 Å². The van der Waals surface area contributed by atoms with Gasteiger partial charge in [0, 0.05) is 12.4 Å². The molecule has 0 N–H and O–H groups in total. The summed E-state index contributed by atoms with van der Waals surface area (Å²) < 4.78 is 5.55. The minimum absolute atomic E-state index is 0.0632. The van der Waals surface area contributed by atoms with Gasteiger partial charge in [-0.15, -0.1) is 0 Å². The van der Waals surface area contributed by atoms with Crippen LogP contribution >= 0.6 is 0 Å². The Kier molecular flexibility index (Phi) is 2.54. The first kappa shape index (κ1) is 9.96. The minimum Gasteiger partial charge on any atom is -0.474 e. The lowest BCUT2D eigenvalue weighted by atomic mass is 10.1. The van der Waals surface area contributed by atoms with Gasteiger partial charge < -0.3 is 4.74 Å². The third-order valence-electron chi connectivity index (χ3n) is 2.62. The first-order valence-corrected chi connectivity index (χ1v) is 5.45. The van der Waals surface area contributed by atoms with E-state index in [9.17, 15) is 0 Å². The summed E-state index contributed by atoms with van der Waals surface area (Å²) in [5.41, 5.74) is 1.84. The van der Waals surface area contributed by atoms with Crippen LogP contribution in [-0.2, 0) is 4.74 Å². The zero-order valence-corrected chi connectivity index (χ0v) is 9.15. The van der Waals surface area contributed by atoms with Crippen molar-refractivity contribution in [2.75, 3.05) is 6.61 Å². The molecule has 17 heavy (non-hydrogen) atoms. The van der Waals surface area contributed by atoms with Gasteiger partial charge in [0.2, 0.25) is 5.90 Å². The Bertz CT molecular complexity index is 525. The van der Waals surface area contributed by atoms with Crippen LogP contribution in [0.1, 0.15) is 17.3 Å². The van der Waals surface area contributed by atoms with E-state index in [1.54, 1.807) is 18.6 Å². The first-order valence-electron chi connectivity index (χ1n) is 5.45. The van der Waals surface area contributed by atoms with Gasteiger partial charge in [0.05, 0.1) is 6.20 Å². The molecule has 1 aliphatic heterocycles. The second-order valence-electron chi connectivity index (χ2n) is 3.76. The van der Waals surface area contributed by atoms with Crippen LogP contribution in [0.3, 0.4) is 0 Å². The van der Waals surface area contributed by atoms with Gasteiger partial charge in [-0.1, -0.05) is 30.3 Å². The molecule has 1 aliphatic rings. The molecule has 0 aliphatic carbocycles. The van der Waals surface area contributed by atoms with E-state index in [0.29, 0.717) is 18.2 Å². The van der Waals surface area contributed by atoms with Crippen LogP contribution in [-0.4, -0.2) is 22.5 Å². The van der Waals surface area contributed by atoms with E-state index in [0.717, 1.165) is 5.56 Å². The highest BCUT2D eigenvalue weighted by molar-refractivity contribution is 5.92. The zero-order chi connectivity index (χ0) is 11.5. The maximum absolute atomic E-state index is 5.55. The van der Waals surface area contributed by atoms with Gasteiger partial charge in [-0.25, -0.2) is 9.98 Å². The number of ether oxygens (including phenoxy) is 1. The smallest absolute Gasteiger partial charge is 0.237 e. The van der Waals surface area contributed by atoms with Crippen molar-refractivity contribution >= 4 is 5.90 Å². The predicted octanol–water partition coefficient (Wildman–Crippen LogP) is 1.99. The van der Waals surface area contributed by atoms with Crippen molar-refractivity contribution in [2.45, 2.75) is 6.04 Å². The van der Waals surface area contributed by atoms with Crippen molar-refractivity contribution in [3.8, 4) is 0 Å². The maximum atomic E-state index is 5.55. The van der Waals surface area contributed by atoms with Gasteiger partial charge in [0.25, 0.3) is 0 Å². The Hall–Kier alpha value is -2.23. The summed E-state index contributed by atoms with van der Waals surface area (Å²) in [4.78, 5) is 12.7. The Morgan fingerprint density at radius 3 is 2.76 bits per heavy atom. The molecule has 0 amide bonds. The lowest BCUT2D eigenvalue weighted by Crippen LogP contribution is -2.03. The summed E-state index contributed by atoms with van der Waals surface area (Å²) in [5.74, 6) is 0.576. The number of benzene rings is 1. The molecular weight excluding hydrogens is 214 g/mol. The number of aromatic nitrogens is 2. The SMILES string of the molecule is c1ccc([C@H]2COC(c3cnccn3)=N2)cc1. The molecule has 0 bridgehead atoms. The van der Waals surface area contributed by atoms with E-state index in [-0.39, 0.29) is 6.04 Å². The van der Waals surface area contributed by atoms with Crippen molar-refractivity contribution in [1.29, 1.82) is 0 Å². The van der Waals surface area contributed by atoms with Crippen LogP contribution < -0.4 is 0 Å². The lowest BCUT2D eigenvalue weighted by Gasteiger charge is -2.03. The molecule has 3 rings (SSSR count). The Morgan fingerprint density at radius 2 is 2.00 bits per heavy atom. The Morgan fingerprint density at radius 1 is 1.12 bits per heavy atom. The number of hydrogen-bond acceptors (Lipinski definition) is 4. The van der Waals surface area contributed by atoms with E-state index in [1.165, 1.54) is 0 Å². The molecule has 4 nitrogen and oxygen atoms in total. The van der Waals surface area contributed by atoms with Gasteiger partial charge in [-0.3, -0.25) is 4.98 Å². The van der Waals surface area contributed by atoms with Gasteiger partial charge in [-0.2, -0.15) is 0 Å². The number of nitrogens with zero attached hydrogens (tertiary/aromatic N) is 3. The summed E-state index contributed by atoms with van der Waals surface area (Å²) in [6, 6.07) is 10.2. The summed E-state index contributed by atoms with van der Waals surface area (Å²) >= 11 is 0. The Labute approximate surface area is 99.0 Å². The fourth-order valence-corrected chi connectivity index (χ4v) is 1.77. The van der Waals surface area contributed by atoms with Crippen molar-refractivity contribution in [3.05, 3.63) is 60.2 Å². The lowest BCUT2D eigenvalue weighted by molar-refractivity contribution is 0.319. The molecule has 0 unspecified atom stereocenters. The normalized spacial score (nSPS) is 18.6. The quantitative estimate of drug-likeness (QED) is 0.785. The van der Waals surface area contributed by atoms with E-state index >= 15 is 0 Å². The van der Waals surface area contributed by atoms with E-state index < -0.39 is 0 Å². The minimum atomic E-state index is 0.0632. The van der Waals surface area contributed by atoms with Gasteiger partial charge >= 0.3 is 0 Å². The van der Waals surface area contributed by atoms with E-state index in [1.807, 2.05) is 18.2 Å². The highest BCUT2D eigenvalue weighted by atomic mass is 16.5. The van der Waals surface area contributed by atoms with Gasteiger partial charge in [0.1, 0.15) is 18.3 Å². The molecule has 0 saturated carbocycles. The predicted molar refractivity (Wildman–Crippen MR) is 63.7 cm³/mol. The van der Waals surface area contributed by atoms with Crippen molar-refractivity contribution in [1.82, 2.24) is 9.97 Å². The third kappa shape index (κ3) is 2.01. The highest BCUT2D eigenvalue weighted by Gasteiger charge is 2.22. The summed E-state index contributed by atoms with van der Waals surface area (Å²) in [5, 5.41) is 0. The zero-order valence-electron chi connectivity index (χ0n) is 9.15. The van der Waals surface area contributed by atoms with Crippen LogP contribution in [0.5, 0.6) is 0 Å². The summed E-state index contributed by atoms with van der Waals surface area (Å²) in [6.07, 6.45) is 4.93. The number of rotatable bonds is 2. The molecule has 2 heterocycles. The standard InChI is InChI=1S/C13H11N3O/c1-2-4-10(5-3-1)12-9-17-13(16-12)11-8-14-6-7-15-11/h1-8,12H,9H2/t12-/m1/s1. The molecule has 1 atom stereocenters. The van der Waals surface area contributed by atoms with Crippen LogP contribution in [0.15, 0.2) is 53.9 Å². The molecule has 0 fully saturated rings. The second-order valence-corrected chi connectivity index (χ2v) is 3.76. The monoisotopic (exact) mass is 225 g/mol. The van der Waals surface area contributed by atoms with Crippen LogP contribution in [0.25, 0.3) is 0 Å². The number of aliphatic imine (C=N–C) groups is 1. The maximum Gasteiger partial charge on any atom is 0.237 e.